The van der Waals surface area contributed by atoms with Gasteiger partial charge in [0.15, 0.2) is 0 Å². The van der Waals surface area contributed by atoms with Crippen molar-refractivity contribution in [3.05, 3.63) is 78.6 Å². The molecule has 4 aromatic rings. The maximum absolute atomic E-state index is 5.42. The van der Waals surface area contributed by atoms with Gasteiger partial charge in [-0.1, -0.05) is 48.5 Å². The van der Waals surface area contributed by atoms with Gasteiger partial charge in [0.25, 0.3) is 0 Å². The lowest BCUT2D eigenvalue weighted by Gasteiger charge is -2.11. The summed E-state index contributed by atoms with van der Waals surface area (Å²) >= 11 is 0. The van der Waals surface area contributed by atoms with Crippen molar-refractivity contribution >= 4 is 11.1 Å². The fraction of sp³-hybridized carbons (Fsp3) is 0.0500. The van der Waals surface area contributed by atoms with Gasteiger partial charge in [-0.05, 0) is 41.8 Å². The molecule has 0 saturated heterocycles. The Morgan fingerprint density at radius 2 is 1.59 bits per heavy atom. The van der Waals surface area contributed by atoms with Crippen LogP contribution in [0.25, 0.3) is 33.5 Å². The summed E-state index contributed by atoms with van der Waals surface area (Å²) < 4.78 is 5.42. The van der Waals surface area contributed by atoms with Crippen molar-refractivity contribution < 1.29 is 4.42 Å². The van der Waals surface area contributed by atoms with E-state index in [0.29, 0.717) is 5.71 Å². The highest BCUT2D eigenvalue weighted by Gasteiger charge is 2.10. The molecule has 2 aromatic carbocycles. The van der Waals surface area contributed by atoms with Crippen LogP contribution in [0, 0.1) is 6.92 Å². The lowest BCUT2D eigenvalue weighted by molar-refractivity contribution is 0.603. The van der Waals surface area contributed by atoms with Gasteiger partial charge in [-0.25, -0.2) is 4.98 Å². The number of benzene rings is 2. The second-order valence-corrected chi connectivity index (χ2v) is 5.36. The third-order valence-electron chi connectivity index (χ3n) is 4.01. The summed E-state index contributed by atoms with van der Waals surface area (Å²) in [5.41, 5.74) is 6.45. The topological polar surface area (TPSA) is 26.0 Å². The van der Waals surface area contributed by atoms with Gasteiger partial charge in [-0.3, -0.25) is 0 Å². The summed E-state index contributed by atoms with van der Waals surface area (Å²) in [6, 6.07) is 22.8. The van der Waals surface area contributed by atoms with Crippen LogP contribution in [0.5, 0.6) is 0 Å². The molecule has 22 heavy (non-hydrogen) atoms. The highest BCUT2D eigenvalue weighted by Crippen LogP contribution is 2.31. The van der Waals surface area contributed by atoms with Crippen molar-refractivity contribution in [3.8, 4) is 22.4 Å². The van der Waals surface area contributed by atoms with E-state index in [0.717, 1.165) is 16.6 Å². The van der Waals surface area contributed by atoms with Crippen LogP contribution in [0.4, 0.5) is 0 Å². The van der Waals surface area contributed by atoms with Crippen LogP contribution in [0.1, 0.15) is 5.56 Å². The van der Waals surface area contributed by atoms with Crippen molar-refractivity contribution in [3.63, 3.8) is 0 Å². The van der Waals surface area contributed by atoms with Crippen molar-refractivity contribution in [2.45, 2.75) is 6.92 Å². The number of furan rings is 1. The monoisotopic (exact) mass is 285 g/mol. The van der Waals surface area contributed by atoms with E-state index < -0.39 is 0 Å². The van der Waals surface area contributed by atoms with E-state index in [1.807, 2.05) is 12.1 Å². The first-order valence-corrected chi connectivity index (χ1v) is 7.32. The molecule has 0 aliphatic rings. The van der Waals surface area contributed by atoms with Gasteiger partial charge in [0, 0.05) is 10.9 Å². The molecule has 0 N–H and O–H groups in total. The Morgan fingerprint density at radius 3 is 2.45 bits per heavy atom. The van der Waals surface area contributed by atoms with Gasteiger partial charge >= 0.3 is 0 Å². The molecule has 0 radical (unpaired) electrons. The standard InChI is InChI=1S/C20H15NO/c1-14-17(15-6-3-2-4-7-15)8-5-9-18(14)19-11-10-16-12-13-22-20(16)21-19/h2-13H,1H3. The number of fused-ring (bicyclic) bond motifs is 1. The first kappa shape index (κ1) is 12.8. The number of aromatic nitrogens is 1. The zero-order valence-corrected chi connectivity index (χ0v) is 12.3. The van der Waals surface area contributed by atoms with Crippen molar-refractivity contribution in [2.24, 2.45) is 0 Å². The molecule has 0 spiro atoms. The summed E-state index contributed by atoms with van der Waals surface area (Å²) in [5, 5.41) is 1.03. The van der Waals surface area contributed by atoms with Gasteiger partial charge in [0.1, 0.15) is 0 Å². The van der Waals surface area contributed by atoms with Gasteiger partial charge in [-0.2, -0.15) is 0 Å². The smallest absolute Gasteiger partial charge is 0.226 e. The Balaban J connectivity index is 1.89. The Kier molecular flexibility index (Phi) is 3.01. The summed E-state index contributed by atoms with van der Waals surface area (Å²) in [6.07, 6.45) is 1.68. The predicted molar refractivity (Wildman–Crippen MR) is 89.6 cm³/mol. The average molecular weight is 285 g/mol. The summed E-state index contributed by atoms with van der Waals surface area (Å²) in [6.45, 7) is 2.14. The van der Waals surface area contributed by atoms with Crippen molar-refractivity contribution in [1.82, 2.24) is 4.98 Å². The maximum atomic E-state index is 5.42. The molecule has 0 unspecified atom stereocenters. The fourth-order valence-corrected chi connectivity index (χ4v) is 2.84. The number of nitrogens with zero attached hydrogens (tertiary/aromatic N) is 1. The molecule has 4 rings (SSSR count). The number of hydrogen-bond donors (Lipinski definition) is 0. The summed E-state index contributed by atoms with van der Waals surface area (Å²) in [7, 11) is 0. The normalized spacial score (nSPS) is 11.0. The lowest BCUT2D eigenvalue weighted by Crippen LogP contribution is -1.90. The lowest BCUT2D eigenvalue weighted by atomic mass is 9.95. The predicted octanol–water partition coefficient (Wildman–Crippen LogP) is 5.47. The second kappa shape index (κ2) is 5.15. The zero-order chi connectivity index (χ0) is 14.9. The molecule has 0 fully saturated rings. The van der Waals surface area contributed by atoms with E-state index in [-0.39, 0.29) is 0 Å². The fourth-order valence-electron chi connectivity index (χ4n) is 2.84. The minimum Gasteiger partial charge on any atom is -0.446 e. The average Bonchev–Trinajstić information content (AvgIpc) is 3.03. The molecule has 0 amide bonds. The van der Waals surface area contributed by atoms with Crippen molar-refractivity contribution in [2.75, 3.05) is 0 Å². The first-order valence-electron chi connectivity index (χ1n) is 7.32. The van der Waals surface area contributed by atoms with Crippen LogP contribution >= 0.6 is 0 Å². The number of hydrogen-bond acceptors (Lipinski definition) is 2. The molecule has 0 atom stereocenters. The number of pyridine rings is 1. The van der Waals surface area contributed by atoms with Crippen LogP contribution in [0.15, 0.2) is 77.4 Å². The molecule has 0 aliphatic heterocycles. The highest BCUT2D eigenvalue weighted by molar-refractivity contribution is 5.81. The third kappa shape index (κ3) is 2.09. The number of rotatable bonds is 2. The van der Waals surface area contributed by atoms with Crippen LogP contribution in [-0.4, -0.2) is 4.98 Å². The van der Waals surface area contributed by atoms with Crippen LogP contribution in [0.2, 0.25) is 0 Å². The maximum Gasteiger partial charge on any atom is 0.226 e. The van der Waals surface area contributed by atoms with Gasteiger partial charge in [0.2, 0.25) is 5.71 Å². The summed E-state index contributed by atoms with van der Waals surface area (Å²) in [5.74, 6) is 0. The van der Waals surface area contributed by atoms with Crippen molar-refractivity contribution in [1.29, 1.82) is 0 Å². The second-order valence-electron chi connectivity index (χ2n) is 5.36. The Hall–Kier alpha value is -2.87. The van der Waals surface area contributed by atoms with E-state index in [1.54, 1.807) is 6.26 Å². The quantitative estimate of drug-likeness (QED) is 0.488. The van der Waals surface area contributed by atoms with E-state index in [4.69, 9.17) is 4.42 Å². The molecular weight excluding hydrogens is 270 g/mol. The molecule has 2 heteroatoms. The third-order valence-corrected chi connectivity index (χ3v) is 4.01. The molecule has 2 heterocycles. The Bertz CT molecular complexity index is 938. The minimum atomic E-state index is 0.682. The van der Waals surface area contributed by atoms with E-state index in [2.05, 4.69) is 66.5 Å². The molecule has 0 aliphatic carbocycles. The van der Waals surface area contributed by atoms with Gasteiger partial charge < -0.3 is 4.42 Å². The minimum absolute atomic E-state index is 0.682. The van der Waals surface area contributed by atoms with Gasteiger partial charge in [-0.15, -0.1) is 0 Å². The van der Waals surface area contributed by atoms with E-state index >= 15 is 0 Å². The molecule has 0 bridgehead atoms. The Morgan fingerprint density at radius 1 is 0.773 bits per heavy atom. The first-order chi connectivity index (χ1) is 10.8. The molecular formula is C20H15NO. The van der Waals surface area contributed by atoms with E-state index in [1.165, 1.54) is 16.7 Å². The van der Waals surface area contributed by atoms with Crippen LogP contribution in [0.3, 0.4) is 0 Å². The Labute approximate surface area is 129 Å². The molecule has 0 saturated carbocycles. The molecule has 106 valence electrons. The summed E-state index contributed by atoms with van der Waals surface area (Å²) in [4.78, 5) is 4.63. The highest BCUT2D eigenvalue weighted by atomic mass is 16.3. The van der Waals surface area contributed by atoms with Crippen LogP contribution in [-0.2, 0) is 0 Å². The SMILES string of the molecule is Cc1c(-c2ccccc2)cccc1-c1ccc2ccoc2n1. The largest absolute Gasteiger partial charge is 0.446 e. The molecule has 2 aromatic heterocycles. The molecule has 2 nitrogen and oxygen atoms in total. The van der Waals surface area contributed by atoms with E-state index in [9.17, 15) is 0 Å². The zero-order valence-electron chi connectivity index (χ0n) is 12.3. The van der Waals surface area contributed by atoms with Gasteiger partial charge in [0.05, 0.1) is 12.0 Å². The van der Waals surface area contributed by atoms with Crippen LogP contribution < -0.4 is 0 Å².